The summed E-state index contributed by atoms with van der Waals surface area (Å²) in [5, 5.41) is 3.47. The van der Waals surface area contributed by atoms with Crippen molar-refractivity contribution in [2.75, 3.05) is 11.9 Å². The number of benzene rings is 1. The van der Waals surface area contributed by atoms with Crippen molar-refractivity contribution in [2.24, 2.45) is 0 Å². The molecule has 1 saturated carbocycles. The Morgan fingerprint density at radius 1 is 1.23 bits per heavy atom. The smallest absolute Gasteiger partial charge is 0.0389 e. The first-order chi connectivity index (χ1) is 6.30. The van der Waals surface area contributed by atoms with Gasteiger partial charge in [-0.05, 0) is 42.4 Å². The van der Waals surface area contributed by atoms with E-state index in [9.17, 15) is 0 Å². The SMILES string of the molecule is Brc1ccc2c(c1)NCCC21CC1. The molecule has 1 aromatic rings. The van der Waals surface area contributed by atoms with Crippen LogP contribution >= 0.6 is 15.9 Å². The second-order valence-electron chi connectivity index (χ2n) is 4.15. The zero-order chi connectivity index (χ0) is 8.89. The van der Waals surface area contributed by atoms with Gasteiger partial charge >= 0.3 is 0 Å². The van der Waals surface area contributed by atoms with Gasteiger partial charge in [0.1, 0.15) is 0 Å². The van der Waals surface area contributed by atoms with Gasteiger partial charge in [-0.3, -0.25) is 0 Å². The molecule has 3 rings (SSSR count). The lowest BCUT2D eigenvalue weighted by Gasteiger charge is -2.26. The van der Waals surface area contributed by atoms with Crippen LogP contribution in [0.4, 0.5) is 5.69 Å². The van der Waals surface area contributed by atoms with Crippen molar-refractivity contribution in [3.63, 3.8) is 0 Å². The first-order valence-corrected chi connectivity index (χ1v) is 5.63. The number of hydrogen-bond donors (Lipinski definition) is 1. The van der Waals surface area contributed by atoms with Gasteiger partial charge in [-0.2, -0.15) is 0 Å². The fourth-order valence-electron chi connectivity index (χ4n) is 2.37. The van der Waals surface area contributed by atoms with Crippen LogP contribution in [0.3, 0.4) is 0 Å². The summed E-state index contributed by atoms with van der Waals surface area (Å²) >= 11 is 3.51. The third-order valence-corrected chi connectivity index (χ3v) is 3.82. The van der Waals surface area contributed by atoms with E-state index in [-0.39, 0.29) is 0 Å². The number of nitrogens with one attached hydrogen (secondary N) is 1. The van der Waals surface area contributed by atoms with Gasteiger partial charge < -0.3 is 5.32 Å². The van der Waals surface area contributed by atoms with Crippen molar-refractivity contribution in [1.82, 2.24) is 0 Å². The highest BCUT2D eigenvalue weighted by atomic mass is 79.9. The fraction of sp³-hybridized carbons (Fsp3) is 0.455. The molecule has 1 fully saturated rings. The largest absolute Gasteiger partial charge is 0.385 e. The molecule has 1 aliphatic heterocycles. The Kier molecular flexibility index (Phi) is 1.51. The van der Waals surface area contributed by atoms with E-state index in [0.717, 1.165) is 6.54 Å². The lowest BCUT2D eigenvalue weighted by molar-refractivity contribution is 0.622. The van der Waals surface area contributed by atoms with Gasteiger partial charge in [-0.25, -0.2) is 0 Å². The summed E-state index contributed by atoms with van der Waals surface area (Å²) in [6, 6.07) is 6.64. The van der Waals surface area contributed by atoms with Gasteiger partial charge in [0.2, 0.25) is 0 Å². The van der Waals surface area contributed by atoms with E-state index in [0.29, 0.717) is 5.41 Å². The topological polar surface area (TPSA) is 12.0 Å². The summed E-state index contributed by atoms with van der Waals surface area (Å²) in [7, 11) is 0. The minimum Gasteiger partial charge on any atom is -0.385 e. The Balaban J connectivity index is 2.15. The summed E-state index contributed by atoms with van der Waals surface area (Å²) in [5.41, 5.74) is 3.46. The Morgan fingerprint density at radius 3 is 2.85 bits per heavy atom. The second-order valence-corrected chi connectivity index (χ2v) is 5.06. The summed E-state index contributed by atoms with van der Waals surface area (Å²) in [5.74, 6) is 0. The zero-order valence-electron chi connectivity index (χ0n) is 7.44. The molecular formula is C11H12BrN. The van der Waals surface area contributed by atoms with Gasteiger partial charge in [0.15, 0.2) is 0 Å². The van der Waals surface area contributed by atoms with Crippen molar-refractivity contribution in [3.05, 3.63) is 28.2 Å². The van der Waals surface area contributed by atoms with Gasteiger partial charge in [0, 0.05) is 16.7 Å². The molecule has 1 spiro atoms. The first-order valence-electron chi connectivity index (χ1n) is 4.84. The first kappa shape index (κ1) is 7.86. The summed E-state index contributed by atoms with van der Waals surface area (Å²) in [4.78, 5) is 0. The number of fused-ring (bicyclic) bond motifs is 2. The van der Waals surface area contributed by atoms with Crippen molar-refractivity contribution in [2.45, 2.75) is 24.7 Å². The highest BCUT2D eigenvalue weighted by Crippen LogP contribution is 2.55. The van der Waals surface area contributed by atoms with Crippen LogP contribution in [0.25, 0.3) is 0 Å². The van der Waals surface area contributed by atoms with Crippen molar-refractivity contribution < 1.29 is 0 Å². The summed E-state index contributed by atoms with van der Waals surface area (Å²) in [6.45, 7) is 1.14. The number of anilines is 1. The van der Waals surface area contributed by atoms with Crippen LogP contribution < -0.4 is 5.32 Å². The third kappa shape index (κ3) is 1.12. The van der Waals surface area contributed by atoms with Crippen LogP contribution in [0.5, 0.6) is 0 Å². The monoisotopic (exact) mass is 237 g/mol. The average molecular weight is 238 g/mol. The lowest BCUT2D eigenvalue weighted by Crippen LogP contribution is -2.21. The van der Waals surface area contributed by atoms with Gasteiger partial charge in [-0.15, -0.1) is 0 Å². The minimum absolute atomic E-state index is 0.571. The predicted molar refractivity (Wildman–Crippen MR) is 58.2 cm³/mol. The molecule has 13 heavy (non-hydrogen) atoms. The van der Waals surface area contributed by atoms with E-state index in [1.165, 1.54) is 29.4 Å². The maximum atomic E-state index is 3.51. The molecule has 0 saturated heterocycles. The lowest BCUT2D eigenvalue weighted by atomic mass is 9.88. The minimum atomic E-state index is 0.571. The highest BCUT2D eigenvalue weighted by Gasteiger charge is 2.46. The third-order valence-electron chi connectivity index (χ3n) is 3.33. The van der Waals surface area contributed by atoms with Gasteiger partial charge in [0.25, 0.3) is 0 Å². The molecule has 2 heteroatoms. The number of rotatable bonds is 0. The van der Waals surface area contributed by atoms with Crippen LogP contribution in [0, 0.1) is 0 Å². The molecule has 1 heterocycles. The quantitative estimate of drug-likeness (QED) is 0.731. The van der Waals surface area contributed by atoms with Crippen molar-refractivity contribution in [1.29, 1.82) is 0 Å². The molecule has 1 aromatic carbocycles. The van der Waals surface area contributed by atoms with E-state index < -0.39 is 0 Å². The average Bonchev–Trinajstić information content (AvgIpc) is 2.86. The number of halogens is 1. The molecule has 0 unspecified atom stereocenters. The molecule has 0 radical (unpaired) electrons. The second kappa shape index (κ2) is 2.50. The fourth-order valence-corrected chi connectivity index (χ4v) is 2.73. The Hall–Kier alpha value is -0.500. The molecule has 0 bridgehead atoms. The molecule has 1 N–H and O–H groups in total. The van der Waals surface area contributed by atoms with Gasteiger partial charge in [0.05, 0.1) is 0 Å². The number of hydrogen-bond acceptors (Lipinski definition) is 1. The molecule has 0 atom stereocenters. The van der Waals surface area contributed by atoms with E-state index in [2.05, 4.69) is 39.4 Å². The van der Waals surface area contributed by atoms with Crippen LogP contribution in [-0.4, -0.2) is 6.54 Å². The molecule has 68 valence electrons. The van der Waals surface area contributed by atoms with Crippen LogP contribution in [0.15, 0.2) is 22.7 Å². The van der Waals surface area contributed by atoms with Crippen molar-refractivity contribution in [3.8, 4) is 0 Å². The van der Waals surface area contributed by atoms with E-state index >= 15 is 0 Å². The Labute approximate surface area is 86.7 Å². The molecule has 0 aromatic heterocycles. The van der Waals surface area contributed by atoms with Crippen LogP contribution in [-0.2, 0) is 5.41 Å². The Bertz CT molecular complexity index is 355. The summed E-state index contributed by atoms with van der Waals surface area (Å²) < 4.78 is 1.18. The Morgan fingerprint density at radius 2 is 2.08 bits per heavy atom. The highest BCUT2D eigenvalue weighted by molar-refractivity contribution is 9.10. The van der Waals surface area contributed by atoms with E-state index in [1.54, 1.807) is 5.56 Å². The van der Waals surface area contributed by atoms with E-state index in [4.69, 9.17) is 0 Å². The molecule has 2 aliphatic rings. The van der Waals surface area contributed by atoms with Crippen molar-refractivity contribution >= 4 is 21.6 Å². The maximum absolute atomic E-state index is 3.51. The van der Waals surface area contributed by atoms with Gasteiger partial charge in [-0.1, -0.05) is 22.0 Å². The normalized spacial score (nSPS) is 22.2. The predicted octanol–water partition coefficient (Wildman–Crippen LogP) is 3.30. The van der Waals surface area contributed by atoms with Crippen LogP contribution in [0.2, 0.25) is 0 Å². The molecule has 1 nitrogen and oxygen atoms in total. The summed E-state index contributed by atoms with van der Waals surface area (Å²) in [6.07, 6.45) is 4.11. The molecular weight excluding hydrogens is 226 g/mol. The maximum Gasteiger partial charge on any atom is 0.0389 e. The molecule has 1 aliphatic carbocycles. The standard InChI is InChI=1S/C11H12BrN/c12-8-1-2-9-10(7-8)13-6-5-11(9)3-4-11/h1-2,7,13H,3-6H2. The van der Waals surface area contributed by atoms with Crippen LogP contribution in [0.1, 0.15) is 24.8 Å². The molecule has 0 amide bonds. The van der Waals surface area contributed by atoms with E-state index in [1.807, 2.05) is 0 Å². The zero-order valence-corrected chi connectivity index (χ0v) is 9.02.